The summed E-state index contributed by atoms with van der Waals surface area (Å²) in [6.07, 6.45) is 3.65. The second-order valence-corrected chi connectivity index (χ2v) is 5.38. The smallest absolute Gasteiger partial charge is 0.161 e. The van der Waals surface area contributed by atoms with Gasteiger partial charge in [0.05, 0.1) is 17.9 Å². The monoisotopic (exact) mass is 235 g/mol. The van der Waals surface area contributed by atoms with Gasteiger partial charge in [0.25, 0.3) is 0 Å². The van der Waals surface area contributed by atoms with Crippen molar-refractivity contribution in [3.05, 3.63) is 24.0 Å². The van der Waals surface area contributed by atoms with Crippen LogP contribution in [0, 0.1) is 12.8 Å². The molecular weight excluding hydrogens is 218 g/mol. The minimum atomic E-state index is 0.449. The highest BCUT2D eigenvalue weighted by atomic mass is 32.2. The topological polar surface area (TPSA) is 37.3 Å². The van der Waals surface area contributed by atoms with Crippen molar-refractivity contribution in [3.63, 3.8) is 0 Å². The van der Waals surface area contributed by atoms with Crippen molar-refractivity contribution in [2.45, 2.75) is 26.8 Å². The Morgan fingerprint density at radius 3 is 2.94 bits per heavy atom. The molecule has 2 rings (SSSR count). The zero-order valence-electron chi connectivity index (χ0n) is 9.90. The summed E-state index contributed by atoms with van der Waals surface area (Å²) in [5, 5.41) is 4.37. The maximum Gasteiger partial charge on any atom is 0.161 e. The second-order valence-electron chi connectivity index (χ2n) is 4.37. The average molecular weight is 235 g/mol. The predicted octanol–water partition coefficient (Wildman–Crippen LogP) is 2.93. The maximum atomic E-state index is 4.66. The number of aliphatic imine (C=N–C) groups is 1. The minimum Gasteiger partial charge on any atom is -0.333 e. The highest BCUT2D eigenvalue weighted by Crippen LogP contribution is 2.25. The quantitative estimate of drug-likeness (QED) is 0.856. The fourth-order valence-electron chi connectivity index (χ4n) is 1.51. The van der Waals surface area contributed by atoms with Crippen LogP contribution in [0.3, 0.4) is 0 Å². The first-order chi connectivity index (χ1) is 7.66. The van der Waals surface area contributed by atoms with Gasteiger partial charge in [0, 0.05) is 11.9 Å². The van der Waals surface area contributed by atoms with Crippen molar-refractivity contribution in [1.82, 2.24) is 4.98 Å². The van der Waals surface area contributed by atoms with E-state index in [0.717, 1.165) is 16.6 Å². The Balaban J connectivity index is 2.07. The fourth-order valence-corrected chi connectivity index (χ4v) is 2.69. The molecular formula is C12H17N3S. The van der Waals surface area contributed by atoms with Crippen LogP contribution in [-0.4, -0.2) is 21.9 Å². The molecule has 1 aliphatic heterocycles. The van der Waals surface area contributed by atoms with E-state index in [1.165, 1.54) is 5.56 Å². The molecule has 0 fully saturated rings. The molecule has 4 heteroatoms. The van der Waals surface area contributed by atoms with Gasteiger partial charge in [0.15, 0.2) is 5.17 Å². The lowest BCUT2D eigenvalue weighted by Crippen LogP contribution is -2.12. The fraction of sp³-hybridized carbons (Fsp3) is 0.500. The van der Waals surface area contributed by atoms with Gasteiger partial charge in [0.1, 0.15) is 0 Å². The zero-order valence-corrected chi connectivity index (χ0v) is 10.7. The standard InChI is InChI=1S/C12H17N3S/c1-8(2)11-7-16-12(15-11)14-10-6-13-5-4-9(10)3/h4-6,8,11H,7H2,1-3H3,(H,14,15). The van der Waals surface area contributed by atoms with Crippen LogP contribution in [0.5, 0.6) is 0 Å². The van der Waals surface area contributed by atoms with E-state index in [2.05, 4.69) is 36.1 Å². The molecule has 86 valence electrons. The first kappa shape index (κ1) is 11.5. The molecule has 1 atom stereocenters. The van der Waals surface area contributed by atoms with E-state index in [9.17, 15) is 0 Å². The largest absolute Gasteiger partial charge is 0.333 e. The Hall–Kier alpha value is -1.03. The van der Waals surface area contributed by atoms with E-state index in [4.69, 9.17) is 0 Å². The van der Waals surface area contributed by atoms with Crippen LogP contribution >= 0.6 is 11.8 Å². The molecule has 0 bridgehead atoms. The first-order valence-corrected chi connectivity index (χ1v) is 6.53. The Morgan fingerprint density at radius 1 is 1.50 bits per heavy atom. The van der Waals surface area contributed by atoms with Crippen molar-refractivity contribution in [2.24, 2.45) is 10.9 Å². The number of aryl methyl sites for hydroxylation is 1. The lowest BCUT2D eigenvalue weighted by atomic mass is 10.1. The number of rotatable bonds is 2. The van der Waals surface area contributed by atoms with E-state index in [-0.39, 0.29) is 0 Å². The molecule has 0 saturated heterocycles. The van der Waals surface area contributed by atoms with Crippen molar-refractivity contribution >= 4 is 22.6 Å². The summed E-state index contributed by atoms with van der Waals surface area (Å²) >= 11 is 1.79. The van der Waals surface area contributed by atoms with Gasteiger partial charge in [-0.3, -0.25) is 9.98 Å². The highest BCUT2D eigenvalue weighted by Gasteiger charge is 2.21. The van der Waals surface area contributed by atoms with Gasteiger partial charge in [-0.2, -0.15) is 0 Å². The third-order valence-corrected chi connectivity index (χ3v) is 3.71. The summed E-state index contributed by atoms with van der Waals surface area (Å²) in [7, 11) is 0. The normalized spacial score (nSPS) is 20.0. The molecule has 1 aromatic heterocycles. The molecule has 2 heterocycles. The van der Waals surface area contributed by atoms with E-state index in [1.54, 1.807) is 18.0 Å². The number of hydrogen-bond acceptors (Lipinski definition) is 4. The summed E-state index contributed by atoms with van der Waals surface area (Å²) in [6, 6.07) is 2.45. The van der Waals surface area contributed by atoms with Crippen molar-refractivity contribution < 1.29 is 0 Å². The second kappa shape index (κ2) is 4.87. The molecule has 1 aromatic rings. The van der Waals surface area contributed by atoms with Gasteiger partial charge in [-0.1, -0.05) is 25.6 Å². The number of thioether (sulfide) groups is 1. The van der Waals surface area contributed by atoms with Gasteiger partial charge >= 0.3 is 0 Å². The highest BCUT2D eigenvalue weighted by molar-refractivity contribution is 8.14. The first-order valence-electron chi connectivity index (χ1n) is 5.55. The number of nitrogens with zero attached hydrogens (tertiary/aromatic N) is 2. The van der Waals surface area contributed by atoms with Crippen LogP contribution in [-0.2, 0) is 0 Å². The van der Waals surface area contributed by atoms with Gasteiger partial charge in [-0.25, -0.2) is 0 Å². The Morgan fingerprint density at radius 2 is 2.31 bits per heavy atom. The Kier molecular flexibility index (Phi) is 3.49. The summed E-state index contributed by atoms with van der Waals surface area (Å²) in [6.45, 7) is 6.50. The summed E-state index contributed by atoms with van der Waals surface area (Å²) in [5.74, 6) is 1.70. The summed E-state index contributed by atoms with van der Waals surface area (Å²) < 4.78 is 0. The zero-order chi connectivity index (χ0) is 11.5. The Labute approximate surface area is 101 Å². The van der Waals surface area contributed by atoms with Crippen molar-refractivity contribution in [3.8, 4) is 0 Å². The number of amidine groups is 1. The summed E-state index contributed by atoms with van der Waals surface area (Å²) in [4.78, 5) is 8.78. The molecule has 0 amide bonds. The molecule has 1 unspecified atom stereocenters. The third-order valence-electron chi connectivity index (χ3n) is 2.72. The van der Waals surface area contributed by atoms with E-state index in [0.29, 0.717) is 12.0 Å². The van der Waals surface area contributed by atoms with Crippen LogP contribution in [0.2, 0.25) is 0 Å². The lowest BCUT2D eigenvalue weighted by molar-refractivity contribution is 0.543. The Bertz CT molecular complexity index is 401. The molecule has 0 aromatic carbocycles. The van der Waals surface area contributed by atoms with Gasteiger partial charge < -0.3 is 5.32 Å². The molecule has 0 aliphatic carbocycles. The van der Waals surface area contributed by atoms with Crippen LogP contribution < -0.4 is 5.32 Å². The molecule has 1 N–H and O–H groups in total. The molecule has 1 aliphatic rings. The van der Waals surface area contributed by atoms with Gasteiger partial charge in [-0.15, -0.1) is 0 Å². The number of nitrogens with one attached hydrogen (secondary N) is 1. The van der Waals surface area contributed by atoms with Gasteiger partial charge in [0.2, 0.25) is 0 Å². The molecule has 0 radical (unpaired) electrons. The molecule has 0 spiro atoms. The van der Waals surface area contributed by atoms with Crippen LogP contribution in [0.4, 0.5) is 5.69 Å². The van der Waals surface area contributed by atoms with Crippen molar-refractivity contribution in [2.75, 3.05) is 11.1 Å². The number of hydrogen-bond donors (Lipinski definition) is 1. The van der Waals surface area contributed by atoms with E-state index >= 15 is 0 Å². The predicted molar refractivity (Wildman–Crippen MR) is 71.1 cm³/mol. The molecule has 0 saturated carbocycles. The van der Waals surface area contributed by atoms with Crippen molar-refractivity contribution in [1.29, 1.82) is 0 Å². The summed E-state index contributed by atoms with van der Waals surface area (Å²) in [5.41, 5.74) is 2.25. The van der Waals surface area contributed by atoms with Crippen LogP contribution in [0.1, 0.15) is 19.4 Å². The maximum absolute atomic E-state index is 4.66. The lowest BCUT2D eigenvalue weighted by Gasteiger charge is -2.08. The van der Waals surface area contributed by atoms with Crippen LogP contribution in [0.15, 0.2) is 23.5 Å². The average Bonchev–Trinajstić information content (AvgIpc) is 2.70. The molecule has 3 nitrogen and oxygen atoms in total. The van der Waals surface area contributed by atoms with Gasteiger partial charge in [-0.05, 0) is 24.5 Å². The number of aromatic nitrogens is 1. The van der Waals surface area contributed by atoms with E-state index in [1.807, 2.05) is 12.3 Å². The number of anilines is 1. The molecule has 16 heavy (non-hydrogen) atoms. The SMILES string of the molecule is Cc1ccncc1NC1=NC(C(C)C)CS1. The number of pyridine rings is 1. The van der Waals surface area contributed by atoms with Crippen LogP contribution in [0.25, 0.3) is 0 Å². The third kappa shape index (κ3) is 2.55. The minimum absolute atomic E-state index is 0.449. The van der Waals surface area contributed by atoms with E-state index < -0.39 is 0 Å².